The number of aryl methyl sites for hydroxylation is 3. The Morgan fingerprint density at radius 3 is 2.41 bits per heavy atom. The molecule has 0 radical (unpaired) electrons. The topological polar surface area (TPSA) is 26.3 Å². The minimum Gasteiger partial charge on any atom is -0.496 e. The van der Waals surface area contributed by atoms with E-state index in [-0.39, 0.29) is 5.78 Å². The van der Waals surface area contributed by atoms with Crippen LogP contribution in [0.15, 0.2) is 12.1 Å². The molecular weight excluding hydrogens is 212 g/mol. The van der Waals surface area contributed by atoms with Gasteiger partial charge in [-0.2, -0.15) is 0 Å². The summed E-state index contributed by atoms with van der Waals surface area (Å²) in [5.74, 6) is 1.24. The molecule has 1 aromatic carbocycles. The highest BCUT2D eigenvalue weighted by Gasteiger charge is 2.06. The number of methoxy groups -OCH3 is 1. The van der Waals surface area contributed by atoms with Gasteiger partial charge in [-0.1, -0.05) is 6.07 Å². The third kappa shape index (κ3) is 4.22. The predicted octanol–water partition coefficient (Wildman–Crippen LogP) is 3.61. The number of carbonyl (C=O) groups is 1. The molecular formula is C15H22O2. The van der Waals surface area contributed by atoms with Crippen LogP contribution >= 0.6 is 0 Å². The fraction of sp³-hybridized carbons (Fsp3) is 0.533. The van der Waals surface area contributed by atoms with Crippen LogP contribution < -0.4 is 4.74 Å². The van der Waals surface area contributed by atoms with E-state index in [0.29, 0.717) is 6.42 Å². The van der Waals surface area contributed by atoms with Crippen molar-refractivity contribution in [3.63, 3.8) is 0 Å². The van der Waals surface area contributed by atoms with E-state index >= 15 is 0 Å². The number of hydrogen-bond donors (Lipinski definition) is 0. The first-order chi connectivity index (χ1) is 8.04. The summed E-state index contributed by atoms with van der Waals surface area (Å²) in [7, 11) is 1.71. The maximum absolute atomic E-state index is 10.9. The van der Waals surface area contributed by atoms with E-state index in [9.17, 15) is 4.79 Å². The maximum Gasteiger partial charge on any atom is 0.129 e. The minimum absolute atomic E-state index is 0.275. The van der Waals surface area contributed by atoms with Crippen LogP contribution in [0, 0.1) is 13.8 Å². The molecule has 0 atom stereocenters. The molecule has 0 aliphatic rings. The van der Waals surface area contributed by atoms with Crippen molar-refractivity contribution in [3.05, 3.63) is 28.8 Å². The highest BCUT2D eigenvalue weighted by Crippen LogP contribution is 2.24. The first-order valence-corrected chi connectivity index (χ1v) is 6.18. The van der Waals surface area contributed by atoms with Crippen molar-refractivity contribution in [2.45, 2.75) is 46.5 Å². The van der Waals surface area contributed by atoms with Gasteiger partial charge in [-0.15, -0.1) is 0 Å². The van der Waals surface area contributed by atoms with Gasteiger partial charge in [0.15, 0.2) is 0 Å². The van der Waals surface area contributed by atoms with Gasteiger partial charge in [0.1, 0.15) is 11.5 Å². The van der Waals surface area contributed by atoms with Crippen molar-refractivity contribution >= 4 is 5.78 Å². The van der Waals surface area contributed by atoms with Crippen LogP contribution in [0.3, 0.4) is 0 Å². The fourth-order valence-electron chi connectivity index (χ4n) is 1.92. The Labute approximate surface area is 104 Å². The summed E-state index contributed by atoms with van der Waals surface area (Å²) in [5.41, 5.74) is 3.81. The number of unbranched alkanes of at least 4 members (excludes halogenated alkanes) is 1. The van der Waals surface area contributed by atoms with E-state index < -0.39 is 0 Å². The van der Waals surface area contributed by atoms with Gasteiger partial charge < -0.3 is 9.53 Å². The standard InChI is InChI=1S/C15H22O2/c1-11-9-14(8-6-5-7-13(3)16)15(17-4)10-12(11)2/h9-10H,5-8H2,1-4H3. The van der Waals surface area contributed by atoms with Crippen molar-refractivity contribution in [1.82, 2.24) is 0 Å². The number of benzene rings is 1. The summed E-state index contributed by atoms with van der Waals surface area (Å²) < 4.78 is 5.39. The van der Waals surface area contributed by atoms with Crippen LogP contribution in [0.4, 0.5) is 0 Å². The molecule has 0 fully saturated rings. The van der Waals surface area contributed by atoms with Crippen LogP contribution in [0.1, 0.15) is 42.9 Å². The second-order valence-corrected chi connectivity index (χ2v) is 4.66. The quantitative estimate of drug-likeness (QED) is 0.703. The average Bonchev–Trinajstić information content (AvgIpc) is 2.28. The lowest BCUT2D eigenvalue weighted by molar-refractivity contribution is -0.117. The van der Waals surface area contributed by atoms with Gasteiger partial charge in [0, 0.05) is 6.42 Å². The first kappa shape index (κ1) is 13.8. The van der Waals surface area contributed by atoms with Crippen LogP contribution in [0.2, 0.25) is 0 Å². The number of ketones is 1. The van der Waals surface area contributed by atoms with Crippen LogP contribution in [-0.2, 0) is 11.2 Å². The predicted molar refractivity (Wildman–Crippen MR) is 70.7 cm³/mol. The van der Waals surface area contributed by atoms with Gasteiger partial charge in [0.2, 0.25) is 0 Å². The normalized spacial score (nSPS) is 10.4. The molecule has 1 rings (SSSR count). The zero-order valence-electron chi connectivity index (χ0n) is 11.3. The van der Waals surface area contributed by atoms with Crippen LogP contribution in [0.5, 0.6) is 5.75 Å². The van der Waals surface area contributed by atoms with E-state index in [4.69, 9.17) is 4.74 Å². The Morgan fingerprint density at radius 2 is 1.82 bits per heavy atom. The van der Waals surface area contributed by atoms with Gasteiger partial charge in [0.05, 0.1) is 7.11 Å². The summed E-state index contributed by atoms with van der Waals surface area (Å²) in [6.07, 6.45) is 3.68. The van der Waals surface area contributed by atoms with Crippen molar-refractivity contribution in [3.8, 4) is 5.75 Å². The van der Waals surface area contributed by atoms with Gasteiger partial charge in [-0.25, -0.2) is 0 Å². The van der Waals surface area contributed by atoms with E-state index in [1.54, 1.807) is 14.0 Å². The zero-order valence-corrected chi connectivity index (χ0v) is 11.3. The van der Waals surface area contributed by atoms with Gasteiger partial charge in [0.25, 0.3) is 0 Å². The molecule has 0 spiro atoms. The molecule has 0 heterocycles. The summed E-state index contributed by atoms with van der Waals surface area (Å²) in [6, 6.07) is 4.29. The first-order valence-electron chi connectivity index (χ1n) is 6.18. The van der Waals surface area contributed by atoms with E-state index in [1.807, 2.05) is 0 Å². The SMILES string of the molecule is COc1cc(C)c(C)cc1CCCCC(C)=O. The number of hydrogen-bond acceptors (Lipinski definition) is 2. The van der Waals surface area contributed by atoms with Crippen molar-refractivity contribution in [2.75, 3.05) is 7.11 Å². The zero-order chi connectivity index (χ0) is 12.8. The summed E-state index contributed by atoms with van der Waals surface area (Å²) in [4.78, 5) is 10.9. The molecule has 0 aliphatic heterocycles. The molecule has 0 unspecified atom stereocenters. The Hall–Kier alpha value is -1.31. The van der Waals surface area contributed by atoms with E-state index in [0.717, 1.165) is 25.0 Å². The molecule has 1 aromatic rings. The number of rotatable bonds is 6. The van der Waals surface area contributed by atoms with Gasteiger partial charge in [-0.05, 0) is 62.8 Å². The number of ether oxygens (including phenoxy) is 1. The summed E-state index contributed by atoms with van der Waals surface area (Å²) in [6.45, 7) is 5.86. The molecule has 0 amide bonds. The highest BCUT2D eigenvalue weighted by atomic mass is 16.5. The number of carbonyl (C=O) groups excluding carboxylic acids is 1. The van der Waals surface area contributed by atoms with Crippen molar-refractivity contribution in [1.29, 1.82) is 0 Å². The molecule has 94 valence electrons. The van der Waals surface area contributed by atoms with E-state index in [2.05, 4.69) is 26.0 Å². The second kappa shape index (κ2) is 6.43. The molecule has 0 N–H and O–H groups in total. The molecule has 0 bridgehead atoms. The monoisotopic (exact) mass is 234 g/mol. The largest absolute Gasteiger partial charge is 0.496 e. The Bertz CT molecular complexity index is 394. The Balaban J connectivity index is 2.63. The molecule has 0 saturated carbocycles. The highest BCUT2D eigenvalue weighted by molar-refractivity contribution is 5.75. The lowest BCUT2D eigenvalue weighted by Gasteiger charge is -2.11. The molecule has 17 heavy (non-hydrogen) atoms. The van der Waals surface area contributed by atoms with Crippen LogP contribution in [0.25, 0.3) is 0 Å². The molecule has 2 nitrogen and oxygen atoms in total. The average molecular weight is 234 g/mol. The smallest absolute Gasteiger partial charge is 0.129 e. The maximum atomic E-state index is 10.9. The molecule has 0 aromatic heterocycles. The van der Waals surface area contributed by atoms with Crippen molar-refractivity contribution < 1.29 is 9.53 Å². The third-order valence-corrected chi connectivity index (χ3v) is 3.12. The van der Waals surface area contributed by atoms with E-state index in [1.165, 1.54) is 16.7 Å². The second-order valence-electron chi connectivity index (χ2n) is 4.66. The third-order valence-electron chi connectivity index (χ3n) is 3.12. The Kier molecular flexibility index (Phi) is 5.20. The van der Waals surface area contributed by atoms with Gasteiger partial charge >= 0.3 is 0 Å². The molecule has 0 aliphatic carbocycles. The fourth-order valence-corrected chi connectivity index (χ4v) is 1.92. The summed E-state index contributed by atoms with van der Waals surface area (Å²) >= 11 is 0. The lowest BCUT2D eigenvalue weighted by atomic mass is 10.00. The lowest BCUT2D eigenvalue weighted by Crippen LogP contribution is -1.97. The van der Waals surface area contributed by atoms with Crippen LogP contribution in [-0.4, -0.2) is 12.9 Å². The minimum atomic E-state index is 0.275. The molecule has 2 heteroatoms. The molecule has 0 saturated heterocycles. The Morgan fingerprint density at radius 1 is 1.18 bits per heavy atom. The summed E-state index contributed by atoms with van der Waals surface area (Å²) in [5, 5.41) is 0. The van der Waals surface area contributed by atoms with Crippen molar-refractivity contribution in [2.24, 2.45) is 0 Å². The number of Topliss-reactive ketones (excluding diaryl/α,β-unsaturated/α-hetero) is 1. The van der Waals surface area contributed by atoms with Gasteiger partial charge in [-0.3, -0.25) is 0 Å².